The molecular weight excluding hydrogens is 220 g/mol. The fraction of sp³-hybridized carbons (Fsp3) is 1.00. The SMILES string of the molecule is CCC1CN2CCCC2CN1C(C1CC1)C1CC1. The molecule has 0 aromatic rings. The van der Waals surface area contributed by atoms with E-state index in [9.17, 15) is 0 Å². The third-order valence-electron chi connectivity index (χ3n) is 5.90. The fourth-order valence-corrected chi connectivity index (χ4v) is 4.64. The van der Waals surface area contributed by atoms with Gasteiger partial charge in [-0.25, -0.2) is 0 Å². The third-order valence-corrected chi connectivity index (χ3v) is 5.90. The summed E-state index contributed by atoms with van der Waals surface area (Å²) in [5.41, 5.74) is 0. The summed E-state index contributed by atoms with van der Waals surface area (Å²) in [6.07, 6.45) is 10.4. The van der Waals surface area contributed by atoms with E-state index in [0.29, 0.717) is 0 Å². The average molecular weight is 248 g/mol. The summed E-state index contributed by atoms with van der Waals surface area (Å²) < 4.78 is 0. The van der Waals surface area contributed by atoms with E-state index in [1.54, 1.807) is 0 Å². The first-order chi connectivity index (χ1) is 8.86. The molecule has 0 N–H and O–H groups in total. The first kappa shape index (κ1) is 11.7. The lowest BCUT2D eigenvalue weighted by Crippen LogP contribution is -2.59. The van der Waals surface area contributed by atoms with Gasteiger partial charge in [-0.1, -0.05) is 6.92 Å². The highest BCUT2D eigenvalue weighted by atomic mass is 15.3. The molecule has 4 rings (SSSR count). The van der Waals surface area contributed by atoms with Gasteiger partial charge in [0, 0.05) is 31.2 Å². The van der Waals surface area contributed by atoms with Crippen molar-refractivity contribution in [1.29, 1.82) is 0 Å². The topological polar surface area (TPSA) is 6.48 Å². The van der Waals surface area contributed by atoms with Crippen LogP contribution >= 0.6 is 0 Å². The Labute approximate surface area is 112 Å². The van der Waals surface area contributed by atoms with Crippen LogP contribution in [0.3, 0.4) is 0 Å². The van der Waals surface area contributed by atoms with Crippen LogP contribution in [0.2, 0.25) is 0 Å². The molecule has 2 saturated carbocycles. The maximum absolute atomic E-state index is 2.99. The van der Waals surface area contributed by atoms with E-state index in [4.69, 9.17) is 0 Å². The van der Waals surface area contributed by atoms with Crippen LogP contribution in [0.4, 0.5) is 0 Å². The van der Waals surface area contributed by atoms with Gasteiger partial charge in [0.05, 0.1) is 0 Å². The minimum absolute atomic E-state index is 0.866. The molecule has 0 bridgehead atoms. The summed E-state index contributed by atoms with van der Waals surface area (Å²) in [7, 11) is 0. The molecule has 2 atom stereocenters. The smallest absolute Gasteiger partial charge is 0.0224 e. The Hall–Kier alpha value is -0.0800. The van der Waals surface area contributed by atoms with Crippen molar-refractivity contribution in [2.75, 3.05) is 19.6 Å². The third kappa shape index (κ3) is 2.02. The summed E-state index contributed by atoms with van der Waals surface area (Å²) in [6.45, 7) is 6.56. The van der Waals surface area contributed by atoms with Gasteiger partial charge in [-0.05, 0) is 63.3 Å². The first-order valence-electron chi connectivity index (χ1n) is 8.36. The van der Waals surface area contributed by atoms with Crippen LogP contribution in [-0.2, 0) is 0 Å². The summed E-state index contributed by atoms with van der Waals surface area (Å²) in [5.74, 6) is 2.17. The Morgan fingerprint density at radius 1 is 1.00 bits per heavy atom. The molecule has 0 spiro atoms. The molecule has 18 heavy (non-hydrogen) atoms. The quantitative estimate of drug-likeness (QED) is 0.755. The van der Waals surface area contributed by atoms with Crippen LogP contribution in [0.1, 0.15) is 51.9 Å². The van der Waals surface area contributed by atoms with Crippen LogP contribution in [0, 0.1) is 11.8 Å². The van der Waals surface area contributed by atoms with Gasteiger partial charge in [-0.3, -0.25) is 9.80 Å². The fourth-order valence-electron chi connectivity index (χ4n) is 4.64. The van der Waals surface area contributed by atoms with Crippen LogP contribution in [0.25, 0.3) is 0 Å². The van der Waals surface area contributed by atoms with Gasteiger partial charge in [-0.15, -0.1) is 0 Å². The summed E-state index contributed by atoms with van der Waals surface area (Å²) in [4.78, 5) is 5.78. The van der Waals surface area contributed by atoms with Crippen molar-refractivity contribution in [2.45, 2.75) is 70.0 Å². The highest BCUT2D eigenvalue weighted by molar-refractivity contribution is 5.03. The van der Waals surface area contributed by atoms with Crippen molar-refractivity contribution in [3.8, 4) is 0 Å². The predicted octanol–water partition coefficient (Wildman–Crippen LogP) is 2.73. The van der Waals surface area contributed by atoms with Crippen molar-refractivity contribution >= 4 is 0 Å². The van der Waals surface area contributed by atoms with Gasteiger partial charge < -0.3 is 0 Å². The van der Waals surface area contributed by atoms with Gasteiger partial charge in [0.1, 0.15) is 0 Å². The minimum atomic E-state index is 0.866. The van der Waals surface area contributed by atoms with Gasteiger partial charge >= 0.3 is 0 Å². The monoisotopic (exact) mass is 248 g/mol. The Morgan fingerprint density at radius 3 is 2.33 bits per heavy atom. The molecule has 0 amide bonds. The first-order valence-corrected chi connectivity index (χ1v) is 8.36. The Kier molecular flexibility index (Phi) is 2.92. The summed E-state index contributed by atoms with van der Waals surface area (Å²) in [5, 5.41) is 0. The van der Waals surface area contributed by atoms with E-state index in [1.807, 2.05) is 0 Å². The highest BCUT2D eigenvalue weighted by Crippen LogP contribution is 2.48. The van der Waals surface area contributed by atoms with Crippen LogP contribution < -0.4 is 0 Å². The maximum atomic E-state index is 2.99. The lowest BCUT2D eigenvalue weighted by molar-refractivity contribution is 0.00426. The molecule has 0 aromatic carbocycles. The molecule has 4 aliphatic rings. The van der Waals surface area contributed by atoms with E-state index in [0.717, 1.165) is 30.0 Å². The molecular formula is C16H28N2. The lowest BCUT2D eigenvalue weighted by atomic mass is 9.97. The lowest BCUT2D eigenvalue weighted by Gasteiger charge is -2.47. The molecule has 2 saturated heterocycles. The number of hydrogen-bond donors (Lipinski definition) is 0. The molecule has 0 aromatic heterocycles. The zero-order chi connectivity index (χ0) is 12.1. The Balaban J connectivity index is 1.53. The van der Waals surface area contributed by atoms with Crippen molar-refractivity contribution in [1.82, 2.24) is 9.80 Å². The Bertz CT molecular complexity index is 296. The molecule has 2 heterocycles. The highest BCUT2D eigenvalue weighted by Gasteiger charge is 2.48. The van der Waals surface area contributed by atoms with Gasteiger partial charge in [0.15, 0.2) is 0 Å². The van der Waals surface area contributed by atoms with Crippen LogP contribution in [-0.4, -0.2) is 47.6 Å². The zero-order valence-corrected chi connectivity index (χ0v) is 11.9. The maximum Gasteiger partial charge on any atom is 0.0224 e. The average Bonchev–Trinajstić information content (AvgIpc) is 3.29. The number of piperazine rings is 1. The summed E-state index contributed by atoms with van der Waals surface area (Å²) in [6, 6.07) is 2.76. The van der Waals surface area contributed by atoms with Gasteiger partial charge in [0.2, 0.25) is 0 Å². The molecule has 2 nitrogen and oxygen atoms in total. The van der Waals surface area contributed by atoms with E-state index in [-0.39, 0.29) is 0 Å². The molecule has 2 unspecified atom stereocenters. The predicted molar refractivity (Wildman–Crippen MR) is 74.6 cm³/mol. The van der Waals surface area contributed by atoms with E-state index in [2.05, 4.69) is 16.7 Å². The molecule has 2 aliphatic carbocycles. The van der Waals surface area contributed by atoms with E-state index in [1.165, 1.54) is 64.6 Å². The summed E-state index contributed by atoms with van der Waals surface area (Å²) >= 11 is 0. The second kappa shape index (κ2) is 4.49. The van der Waals surface area contributed by atoms with Crippen molar-refractivity contribution in [3.63, 3.8) is 0 Å². The number of nitrogens with zero attached hydrogens (tertiary/aromatic N) is 2. The van der Waals surface area contributed by atoms with Crippen LogP contribution in [0.5, 0.6) is 0 Å². The largest absolute Gasteiger partial charge is 0.298 e. The molecule has 0 radical (unpaired) electrons. The van der Waals surface area contributed by atoms with Gasteiger partial charge in [0.25, 0.3) is 0 Å². The molecule has 102 valence electrons. The number of rotatable bonds is 4. The normalized spacial score (nSPS) is 38.3. The van der Waals surface area contributed by atoms with Crippen molar-refractivity contribution < 1.29 is 0 Å². The van der Waals surface area contributed by atoms with Crippen molar-refractivity contribution in [3.05, 3.63) is 0 Å². The zero-order valence-electron chi connectivity index (χ0n) is 11.9. The minimum Gasteiger partial charge on any atom is -0.298 e. The number of fused-ring (bicyclic) bond motifs is 1. The number of hydrogen-bond acceptors (Lipinski definition) is 2. The second-order valence-corrected chi connectivity index (χ2v) is 7.22. The second-order valence-electron chi connectivity index (χ2n) is 7.22. The van der Waals surface area contributed by atoms with E-state index < -0.39 is 0 Å². The molecule has 2 heteroatoms. The van der Waals surface area contributed by atoms with Gasteiger partial charge in [-0.2, -0.15) is 0 Å². The van der Waals surface area contributed by atoms with E-state index >= 15 is 0 Å². The standard InChI is InChI=1S/C16H28N2/c1-2-14-10-17-9-3-4-15(17)11-18(14)16(12-5-6-12)13-7-8-13/h12-16H,2-11H2,1H3. The van der Waals surface area contributed by atoms with Crippen molar-refractivity contribution in [2.24, 2.45) is 11.8 Å². The van der Waals surface area contributed by atoms with Crippen LogP contribution in [0.15, 0.2) is 0 Å². The molecule has 4 fully saturated rings. The molecule has 2 aliphatic heterocycles. The Morgan fingerprint density at radius 2 is 1.72 bits per heavy atom.